The summed E-state index contributed by atoms with van der Waals surface area (Å²) < 4.78 is 51.6. The van der Waals surface area contributed by atoms with Crippen molar-refractivity contribution < 1.29 is 32.2 Å². The molecule has 0 aromatic heterocycles. The third kappa shape index (κ3) is 4.17. The van der Waals surface area contributed by atoms with Gasteiger partial charge in [-0.25, -0.2) is 0 Å². The van der Waals surface area contributed by atoms with Gasteiger partial charge >= 0.3 is 6.18 Å². The Balaban J connectivity index is 1.80. The molecule has 2 rings (SSSR count). The van der Waals surface area contributed by atoms with E-state index in [9.17, 15) is 18.0 Å². The molecule has 0 aromatic carbocycles. The second kappa shape index (κ2) is 6.22. The van der Waals surface area contributed by atoms with E-state index >= 15 is 0 Å². The number of ketones is 1. The van der Waals surface area contributed by atoms with Gasteiger partial charge in [-0.2, -0.15) is 13.2 Å². The van der Waals surface area contributed by atoms with E-state index in [0.717, 1.165) is 0 Å². The van der Waals surface area contributed by atoms with E-state index in [2.05, 4.69) is 4.74 Å². The molecule has 2 aliphatic rings. The average molecular weight is 310 g/mol. The smallest absolute Gasteiger partial charge is 0.381 e. The molecule has 1 heterocycles. The topological polar surface area (TPSA) is 48.1 Å². The van der Waals surface area contributed by atoms with Gasteiger partial charge < -0.3 is 14.2 Å². The molecule has 7 heteroatoms. The second-order valence-electron chi connectivity index (χ2n) is 5.91. The number of carbonyl (C=O) groups is 1. The van der Waals surface area contributed by atoms with E-state index in [0.29, 0.717) is 25.7 Å². The Labute approximate surface area is 121 Å². The van der Waals surface area contributed by atoms with Gasteiger partial charge in [-0.3, -0.25) is 4.79 Å². The molecule has 21 heavy (non-hydrogen) atoms. The van der Waals surface area contributed by atoms with Gasteiger partial charge in [-0.15, -0.1) is 0 Å². The van der Waals surface area contributed by atoms with Gasteiger partial charge in [0.2, 0.25) is 0 Å². The van der Waals surface area contributed by atoms with Gasteiger partial charge in [0.05, 0.1) is 17.8 Å². The highest BCUT2D eigenvalue weighted by molar-refractivity contribution is 5.79. The third-order valence-corrected chi connectivity index (χ3v) is 4.41. The summed E-state index contributed by atoms with van der Waals surface area (Å²) in [4.78, 5) is 11.6. The highest BCUT2D eigenvalue weighted by Crippen LogP contribution is 2.50. The van der Waals surface area contributed by atoms with Gasteiger partial charge in [0.15, 0.2) is 0 Å². The largest absolute Gasteiger partial charge is 0.411 e. The third-order valence-electron chi connectivity index (χ3n) is 4.41. The van der Waals surface area contributed by atoms with Gasteiger partial charge in [0.1, 0.15) is 12.4 Å². The first-order chi connectivity index (χ1) is 9.76. The minimum absolute atomic E-state index is 0.00190. The Kier molecular flexibility index (Phi) is 4.95. The minimum Gasteiger partial charge on any atom is -0.381 e. The van der Waals surface area contributed by atoms with Crippen molar-refractivity contribution in [2.75, 3.05) is 20.3 Å². The zero-order valence-electron chi connectivity index (χ0n) is 12.2. The fraction of sp³-hybridized carbons (Fsp3) is 0.929. The molecule has 2 fully saturated rings. The fourth-order valence-corrected chi connectivity index (χ4v) is 3.16. The van der Waals surface area contributed by atoms with Crippen LogP contribution in [0.2, 0.25) is 0 Å². The zero-order valence-corrected chi connectivity index (χ0v) is 12.2. The molecule has 0 radical (unpaired) electrons. The van der Waals surface area contributed by atoms with E-state index in [1.807, 2.05) is 6.92 Å². The molecule has 4 atom stereocenters. The van der Waals surface area contributed by atoms with Crippen LogP contribution in [0.5, 0.6) is 0 Å². The first-order valence-electron chi connectivity index (χ1n) is 7.13. The van der Waals surface area contributed by atoms with E-state index in [1.165, 1.54) is 0 Å². The van der Waals surface area contributed by atoms with E-state index in [1.54, 1.807) is 7.11 Å². The Morgan fingerprint density at radius 3 is 2.76 bits per heavy atom. The van der Waals surface area contributed by atoms with Crippen molar-refractivity contribution in [1.82, 2.24) is 0 Å². The molecular formula is C14H21F3O4. The van der Waals surface area contributed by atoms with Gasteiger partial charge in [-0.05, 0) is 19.8 Å². The van der Waals surface area contributed by atoms with E-state index in [-0.39, 0.29) is 30.5 Å². The molecule has 1 saturated heterocycles. The molecule has 1 saturated carbocycles. The maximum atomic E-state index is 12.0. The molecule has 0 amide bonds. The number of rotatable bonds is 6. The Bertz CT molecular complexity index is 385. The Morgan fingerprint density at radius 1 is 1.43 bits per heavy atom. The summed E-state index contributed by atoms with van der Waals surface area (Å²) in [5, 5.41) is 0. The van der Waals surface area contributed by atoms with Gasteiger partial charge in [0, 0.05) is 32.5 Å². The lowest BCUT2D eigenvalue weighted by molar-refractivity contribution is -0.174. The van der Waals surface area contributed by atoms with E-state index < -0.39 is 18.4 Å². The van der Waals surface area contributed by atoms with Gasteiger partial charge in [0.25, 0.3) is 0 Å². The lowest BCUT2D eigenvalue weighted by Gasteiger charge is -2.32. The first kappa shape index (κ1) is 16.7. The Morgan fingerprint density at radius 2 is 2.14 bits per heavy atom. The van der Waals surface area contributed by atoms with Crippen molar-refractivity contribution in [2.24, 2.45) is 5.92 Å². The van der Waals surface area contributed by atoms with Crippen LogP contribution in [0.25, 0.3) is 0 Å². The SMILES string of the molecule is COC1CCC(=O)CC1[C@]1(C)OC1CCOCC(F)(F)F. The first-order valence-corrected chi connectivity index (χ1v) is 7.13. The number of carbonyl (C=O) groups excluding carboxylic acids is 1. The van der Waals surface area contributed by atoms with Crippen molar-refractivity contribution in [3.05, 3.63) is 0 Å². The number of epoxide rings is 1. The number of methoxy groups -OCH3 is 1. The summed E-state index contributed by atoms with van der Waals surface area (Å²) >= 11 is 0. The standard InChI is InChI=1S/C14H21F3O4/c1-13(10-7-9(18)3-4-11(10)19-2)12(21-13)5-6-20-8-14(15,16)17/h10-12H,3-8H2,1-2H3/t10?,11?,12?,13-/m0/s1. The molecular weight excluding hydrogens is 289 g/mol. The van der Waals surface area contributed by atoms with Crippen LogP contribution in [0.1, 0.15) is 32.6 Å². The number of Topliss-reactive ketones (excluding diaryl/α,β-unsaturated/α-hetero) is 1. The molecule has 0 bridgehead atoms. The highest BCUT2D eigenvalue weighted by atomic mass is 19.4. The van der Waals surface area contributed by atoms with Crippen molar-refractivity contribution in [1.29, 1.82) is 0 Å². The predicted octanol–water partition coefficient (Wildman–Crippen LogP) is 2.50. The van der Waals surface area contributed by atoms with Crippen molar-refractivity contribution in [2.45, 2.75) is 56.6 Å². The maximum Gasteiger partial charge on any atom is 0.411 e. The van der Waals surface area contributed by atoms with Gasteiger partial charge in [-0.1, -0.05) is 0 Å². The maximum absolute atomic E-state index is 12.0. The van der Waals surface area contributed by atoms with Crippen molar-refractivity contribution in [3.63, 3.8) is 0 Å². The zero-order chi connectivity index (χ0) is 15.7. The van der Waals surface area contributed by atoms with Crippen molar-refractivity contribution in [3.8, 4) is 0 Å². The molecule has 0 aromatic rings. The molecule has 0 N–H and O–H groups in total. The van der Waals surface area contributed by atoms with Crippen molar-refractivity contribution >= 4 is 5.78 Å². The molecule has 0 spiro atoms. The molecule has 4 nitrogen and oxygen atoms in total. The van der Waals surface area contributed by atoms with Crippen LogP contribution >= 0.6 is 0 Å². The lowest BCUT2D eigenvalue weighted by Crippen LogP contribution is -2.40. The summed E-state index contributed by atoms with van der Waals surface area (Å²) in [6.07, 6.45) is -2.50. The minimum atomic E-state index is -4.30. The van der Waals surface area contributed by atoms with Crippen LogP contribution in [0, 0.1) is 5.92 Å². The van der Waals surface area contributed by atoms with Crippen LogP contribution in [-0.4, -0.2) is 50.1 Å². The number of hydrogen-bond acceptors (Lipinski definition) is 4. The summed E-state index contributed by atoms with van der Waals surface area (Å²) in [6, 6.07) is 0. The van der Waals surface area contributed by atoms with Crippen LogP contribution < -0.4 is 0 Å². The number of halogens is 3. The monoisotopic (exact) mass is 310 g/mol. The van der Waals surface area contributed by atoms with Crippen LogP contribution in [0.3, 0.4) is 0 Å². The lowest BCUT2D eigenvalue weighted by atomic mass is 9.76. The quantitative estimate of drug-likeness (QED) is 0.559. The average Bonchev–Trinajstić information content (AvgIpc) is 3.06. The molecule has 3 unspecified atom stereocenters. The van der Waals surface area contributed by atoms with Crippen LogP contribution in [-0.2, 0) is 19.0 Å². The number of alkyl halides is 3. The Hall–Kier alpha value is -0.660. The number of ether oxygens (including phenoxy) is 3. The van der Waals surface area contributed by atoms with Crippen LogP contribution in [0.15, 0.2) is 0 Å². The summed E-state index contributed by atoms with van der Waals surface area (Å²) in [7, 11) is 1.61. The molecule has 122 valence electrons. The summed E-state index contributed by atoms with van der Waals surface area (Å²) in [5.41, 5.74) is -0.488. The second-order valence-corrected chi connectivity index (χ2v) is 5.91. The van der Waals surface area contributed by atoms with Crippen LogP contribution in [0.4, 0.5) is 13.2 Å². The number of hydrogen-bond donors (Lipinski definition) is 0. The molecule has 1 aliphatic carbocycles. The van der Waals surface area contributed by atoms with E-state index in [4.69, 9.17) is 9.47 Å². The fourth-order valence-electron chi connectivity index (χ4n) is 3.16. The molecule has 1 aliphatic heterocycles. The predicted molar refractivity (Wildman–Crippen MR) is 67.9 cm³/mol. The highest BCUT2D eigenvalue weighted by Gasteiger charge is 2.60. The summed E-state index contributed by atoms with van der Waals surface area (Å²) in [6.45, 7) is 0.661. The normalized spacial score (nSPS) is 36.8. The summed E-state index contributed by atoms with van der Waals surface area (Å²) in [5.74, 6) is 0.161.